The van der Waals surface area contributed by atoms with E-state index in [2.05, 4.69) is 15.3 Å². The number of fused-ring (bicyclic) bond motifs is 1. The van der Waals surface area contributed by atoms with Crippen LogP contribution in [0.3, 0.4) is 0 Å². The molecule has 0 aliphatic carbocycles. The van der Waals surface area contributed by atoms with Crippen molar-refractivity contribution in [2.75, 3.05) is 18.5 Å². The Balaban J connectivity index is 1.27. The maximum Gasteiger partial charge on any atom is 0.354 e. The highest BCUT2D eigenvalue weighted by atomic mass is 35.5. The molecule has 0 saturated heterocycles. The Morgan fingerprint density at radius 2 is 1.96 bits per heavy atom. The van der Waals surface area contributed by atoms with Gasteiger partial charge in [-0.15, -0.1) is 0 Å². The number of hydrogen-bond donors (Lipinski definition) is 2. The van der Waals surface area contributed by atoms with Crippen molar-refractivity contribution in [3.63, 3.8) is 0 Å². The van der Waals surface area contributed by atoms with Gasteiger partial charge < -0.3 is 24.6 Å². The topological polar surface area (TPSA) is 140 Å². The van der Waals surface area contributed by atoms with Crippen LogP contribution in [0, 0.1) is 6.92 Å². The number of para-hydroxylation sites is 1. The Morgan fingerprint density at radius 1 is 1.13 bits per heavy atom. The molecule has 3 aromatic heterocycles. The highest BCUT2D eigenvalue weighted by Gasteiger charge is 2.20. The van der Waals surface area contributed by atoms with Crippen LogP contribution in [0.5, 0.6) is 5.75 Å². The van der Waals surface area contributed by atoms with E-state index in [0.717, 1.165) is 16.8 Å². The zero-order valence-corrected chi connectivity index (χ0v) is 25.6. The van der Waals surface area contributed by atoms with E-state index >= 15 is 0 Å². The number of ether oxygens (including phenoxy) is 1. The monoisotopic (exact) mass is 644 g/mol. The summed E-state index contributed by atoms with van der Waals surface area (Å²) in [5, 5.41) is 12.9. The molecular formula is C32H26Cl2N6O5. The lowest BCUT2D eigenvalue weighted by Gasteiger charge is -2.21. The molecule has 0 spiro atoms. The maximum absolute atomic E-state index is 12.9. The molecule has 2 amide bonds. The van der Waals surface area contributed by atoms with Gasteiger partial charge in [-0.1, -0.05) is 41.4 Å². The van der Waals surface area contributed by atoms with Gasteiger partial charge in [0.15, 0.2) is 0 Å². The van der Waals surface area contributed by atoms with Crippen molar-refractivity contribution < 1.29 is 24.2 Å². The fourth-order valence-electron chi connectivity index (χ4n) is 4.46. The first-order valence-corrected chi connectivity index (χ1v) is 14.3. The van der Waals surface area contributed by atoms with Gasteiger partial charge in [0.1, 0.15) is 23.6 Å². The molecule has 45 heavy (non-hydrogen) atoms. The van der Waals surface area contributed by atoms with E-state index in [0.29, 0.717) is 33.1 Å². The Labute approximate surface area is 267 Å². The van der Waals surface area contributed by atoms with Crippen molar-refractivity contribution in [2.45, 2.75) is 13.5 Å². The van der Waals surface area contributed by atoms with E-state index in [4.69, 9.17) is 38.0 Å². The van der Waals surface area contributed by atoms with Crippen molar-refractivity contribution >= 4 is 63.7 Å². The van der Waals surface area contributed by atoms with Crippen LogP contribution in [0.2, 0.25) is 10.0 Å². The van der Waals surface area contributed by atoms with Crippen LogP contribution in [0.4, 0.5) is 5.69 Å². The lowest BCUT2D eigenvalue weighted by Crippen LogP contribution is -2.37. The highest BCUT2D eigenvalue weighted by molar-refractivity contribution is 6.38. The molecule has 13 heteroatoms. The normalized spacial score (nSPS) is 11.1. The third kappa shape index (κ3) is 7.11. The van der Waals surface area contributed by atoms with Gasteiger partial charge in [0.05, 0.1) is 29.3 Å². The number of aromatic nitrogens is 4. The minimum absolute atomic E-state index is 0.00646. The smallest absolute Gasteiger partial charge is 0.354 e. The number of likely N-dealkylation sites (N-methyl/N-ethyl adjacent to an activating group) is 1. The Bertz CT molecular complexity index is 1930. The van der Waals surface area contributed by atoms with E-state index < -0.39 is 17.8 Å². The summed E-state index contributed by atoms with van der Waals surface area (Å²) < 4.78 is 8.10. The molecule has 5 rings (SSSR count). The number of pyridine rings is 2. The van der Waals surface area contributed by atoms with E-state index in [1.807, 2.05) is 42.0 Å². The average molecular weight is 646 g/mol. The van der Waals surface area contributed by atoms with Crippen molar-refractivity contribution in [1.29, 1.82) is 0 Å². The first kappa shape index (κ1) is 31.2. The number of nitrogens with zero attached hydrogens (tertiary/aromatic N) is 5. The largest absolute Gasteiger partial charge is 0.487 e. The van der Waals surface area contributed by atoms with Crippen molar-refractivity contribution in [3.8, 4) is 11.4 Å². The molecule has 0 aliphatic heterocycles. The third-order valence-corrected chi connectivity index (χ3v) is 7.59. The van der Waals surface area contributed by atoms with E-state index in [1.54, 1.807) is 24.7 Å². The third-order valence-electron chi connectivity index (χ3n) is 6.81. The van der Waals surface area contributed by atoms with E-state index in [1.165, 1.54) is 42.4 Å². The SMILES string of the molecule is Cc1cc(-n2ccnc2)c2cccc(OCc3c(Cl)ccc(N(C)C(=O)CNC(=O)/C=C/c4ccc(C(=O)O)nc4)c3Cl)c2n1. The molecule has 11 nitrogen and oxygen atoms in total. The number of benzene rings is 2. The molecule has 5 aromatic rings. The summed E-state index contributed by atoms with van der Waals surface area (Å²) in [5.74, 6) is -1.57. The fourth-order valence-corrected chi connectivity index (χ4v) is 5.07. The van der Waals surface area contributed by atoms with Crippen LogP contribution in [-0.4, -0.2) is 56.0 Å². The summed E-state index contributed by atoms with van der Waals surface area (Å²) in [7, 11) is 1.54. The van der Waals surface area contributed by atoms with Gasteiger partial charge in [0, 0.05) is 53.4 Å². The molecule has 0 bridgehead atoms. The zero-order valence-electron chi connectivity index (χ0n) is 24.1. The van der Waals surface area contributed by atoms with E-state index in [9.17, 15) is 14.4 Å². The number of carbonyl (C=O) groups is 3. The van der Waals surface area contributed by atoms with E-state index in [-0.39, 0.29) is 23.9 Å². The number of nitrogens with one attached hydrogen (secondary N) is 1. The number of carboxylic acid groups (broad SMARTS) is 1. The number of anilines is 1. The standard InChI is InChI=1S/C32H26Cl2N6O5/c1-19-14-26(40-13-12-35-18-40)21-4-3-5-27(31(21)38-19)45-17-22-23(33)8-10-25(30(22)34)39(2)29(42)16-37-28(41)11-7-20-6-9-24(32(43)44)36-15-20/h3-15,18H,16-17H2,1-2H3,(H,37,41)(H,43,44)/b11-7+. The number of aromatic carboxylic acids is 1. The molecule has 0 fully saturated rings. The predicted octanol–water partition coefficient (Wildman–Crippen LogP) is 5.50. The van der Waals surface area contributed by atoms with Crippen LogP contribution in [-0.2, 0) is 16.2 Å². The summed E-state index contributed by atoms with van der Waals surface area (Å²) in [6, 6.07) is 13.7. The lowest BCUT2D eigenvalue weighted by molar-refractivity contribution is -0.122. The first-order chi connectivity index (χ1) is 21.6. The number of halogens is 2. The van der Waals surface area contributed by atoms with Gasteiger partial charge in [0.25, 0.3) is 0 Å². The van der Waals surface area contributed by atoms with Gasteiger partial charge >= 0.3 is 5.97 Å². The molecule has 0 unspecified atom stereocenters. The number of carboxylic acids is 1. The summed E-state index contributed by atoms with van der Waals surface area (Å²) in [6.07, 6.45) is 9.28. The lowest BCUT2D eigenvalue weighted by atomic mass is 10.1. The number of rotatable bonds is 10. The van der Waals surface area contributed by atoms with Crippen molar-refractivity contribution in [2.24, 2.45) is 0 Å². The van der Waals surface area contributed by atoms with Gasteiger partial charge in [-0.25, -0.2) is 19.7 Å². The average Bonchev–Trinajstić information content (AvgIpc) is 3.57. The van der Waals surface area contributed by atoms with Crippen LogP contribution < -0.4 is 15.0 Å². The van der Waals surface area contributed by atoms with Gasteiger partial charge in [-0.05, 0) is 48.9 Å². The van der Waals surface area contributed by atoms with Crippen LogP contribution in [0.25, 0.3) is 22.7 Å². The number of aryl methyl sites for hydroxylation is 1. The van der Waals surface area contributed by atoms with Gasteiger partial charge in [-0.3, -0.25) is 9.59 Å². The molecule has 228 valence electrons. The molecule has 0 radical (unpaired) electrons. The second-order valence-corrected chi connectivity index (χ2v) is 10.6. The fraction of sp³-hybridized carbons (Fsp3) is 0.125. The molecular weight excluding hydrogens is 619 g/mol. The minimum Gasteiger partial charge on any atom is -0.487 e. The van der Waals surface area contributed by atoms with Crippen LogP contribution in [0.1, 0.15) is 27.3 Å². The quantitative estimate of drug-likeness (QED) is 0.190. The predicted molar refractivity (Wildman–Crippen MR) is 171 cm³/mol. The van der Waals surface area contributed by atoms with Crippen LogP contribution >= 0.6 is 23.2 Å². The highest BCUT2D eigenvalue weighted by Crippen LogP contribution is 2.36. The molecule has 0 atom stereocenters. The second kappa shape index (κ2) is 13.6. The van der Waals surface area contributed by atoms with Crippen molar-refractivity contribution in [3.05, 3.63) is 112 Å². The summed E-state index contributed by atoms with van der Waals surface area (Å²) in [6.45, 7) is 1.60. The van der Waals surface area contributed by atoms with Crippen LogP contribution in [0.15, 0.2) is 79.5 Å². The Kier molecular flexibility index (Phi) is 9.41. The Morgan fingerprint density at radius 3 is 2.67 bits per heavy atom. The number of imidazole rings is 1. The second-order valence-electron chi connectivity index (χ2n) is 9.84. The molecule has 0 aliphatic rings. The van der Waals surface area contributed by atoms with Crippen molar-refractivity contribution in [1.82, 2.24) is 24.8 Å². The first-order valence-electron chi connectivity index (χ1n) is 13.5. The zero-order chi connectivity index (χ0) is 32.1. The molecule has 3 heterocycles. The Hall–Kier alpha value is -5.26. The minimum atomic E-state index is -1.15. The number of hydrogen-bond acceptors (Lipinski definition) is 7. The summed E-state index contributed by atoms with van der Waals surface area (Å²) >= 11 is 13.2. The maximum atomic E-state index is 12.9. The molecule has 2 aromatic carbocycles. The molecule has 2 N–H and O–H groups in total. The van der Waals surface area contributed by atoms with Gasteiger partial charge in [0.2, 0.25) is 11.8 Å². The number of carbonyl (C=O) groups excluding carboxylic acids is 2. The molecule has 0 saturated carbocycles. The summed E-state index contributed by atoms with van der Waals surface area (Å²) in [5.41, 5.74) is 3.64. The van der Waals surface area contributed by atoms with Gasteiger partial charge in [-0.2, -0.15) is 0 Å². The summed E-state index contributed by atoms with van der Waals surface area (Å²) in [4.78, 5) is 50.1. The number of amides is 2.